The Morgan fingerprint density at radius 3 is 2.33 bits per heavy atom. The maximum atomic E-state index is 11.9. The molecule has 0 aromatic rings. The van der Waals surface area contributed by atoms with Gasteiger partial charge >= 0.3 is 12.0 Å². The predicted octanol–water partition coefficient (Wildman–Crippen LogP) is 1.78. The topological polar surface area (TPSA) is 69.6 Å². The Morgan fingerprint density at radius 1 is 1.33 bits per heavy atom. The average Bonchev–Trinajstić information content (AvgIpc) is 2.64. The Balaban J connectivity index is 2.38. The van der Waals surface area contributed by atoms with E-state index >= 15 is 0 Å². The van der Waals surface area contributed by atoms with Crippen molar-refractivity contribution in [1.29, 1.82) is 0 Å². The van der Waals surface area contributed by atoms with Crippen molar-refractivity contribution in [3.63, 3.8) is 0 Å². The van der Waals surface area contributed by atoms with Gasteiger partial charge in [0.15, 0.2) is 0 Å². The van der Waals surface area contributed by atoms with Gasteiger partial charge in [0, 0.05) is 19.6 Å². The summed E-state index contributed by atoms with van der Waals surface area (Å²) in [7, 11) is 0. The van der Waals surface area contributed by atoms with Crippen molar-refractivity contribution in [2.45, 2.75) is 33.6 Å². The monoisotopic (exact) mass is 256 g/mol. The van der Waals surface area contributed by atoms with Gasteiger partial charge in [-0.1, -0.05) is 27.2 Å². The van der Waals surface area contributed by atoms with Crippen LogP contribution in [0.25, 0.3) is 0 Å². The standard InChI is InChI=1S/C13H24N2O3/c1-4-5-11(12(16)17)6-14-13(18)15-7-9(2)10(3)8-15/h9-11H,4-8H2,1-3H3,(H,14,18)(H,16,17). The number of nitrogens with one attached hydrogen (secondary N) is 1. The molecular weight excluding hydrogens is 232 g/mol. The number of amides is 2. The molecule has 18 heavy (non-hydrogen) atoms. The number of carbonyl (C=O) groups is 2. The van der Waals surface area contributed by atoms with Crippen LogP contribution >= 0.6 is 0 Å². The van der Waals surface area contributed by atoms with Gasteiger partial charge in [0.25, 0.3) is 0 Å². The SMILES string of the molecule is CCCC(CNC(=O)N1CC(C)C(C)C1)C(=O)O. The number of aliphatic carboxylic acids is 1. The first-order valence-corrected chi connectivity index (χ1v) is 6.71. The molecule has 5 heteroatoms. The summed E-state index contributed by atoms with van der Waals surface area (Å²) in [5.41, 5.74) is 0. The van der Waals surface area contributed by atoms with Gasteiger partial charge in [0.1, 0.15) is 0 Å². The Kier molecular flexibility index (Phi) is 5.44. The minimum absolute atomic E-state index is 0.131. The molecule has 3 unspecified atom stereocenters. The minimum atomic E-state index is -0.833. The van der Waals surface area contributed by atoms with E-state index < -0.39 is 11.9 Å². The molecule has 0 radical (unpaired) electrons. The summed E-state index contributed by atoms with van der Waals surface area (Å²) in [6.07, 6.45) is 1.41. The first-order valence-electron chi connectivity index (χ1n) is 6.71. The lowest BCUT2D eigenvalue weighted by Gasteiger charge is -2.19. The third kappa shape index (κ3) is 3.89. The molecular formula is C13H24N2O3. The summed E-state index contributed by atoms with van der Waals surface area (Å²) in [6.45, 7) is 7.96. The van der Waals surface area contributed by atoms with Crippen LogP contribution in [0, 0.1) is 17.8 Å². The highest BCUT2D eigenvalue weighted by molar-refractivity contribution is 5.76. The lowest BCUT2D eigenvalue weighted by atomic mass is 10.0. The molecule has 0 saturated carbocycles. The van der Waals surface area contributed by atoms with Crippen LogP contribution in [0.5, 0.6) is 0 Å². The van der Waals surface area contributed by atoms with Gasteiger partial charge < -0.3 is 15.3 Å². The van der Waals surface area contributed by atoms with Crippen LogP contribution in [-0.2, 0) is 4.79 Å². The second-order valence-electron chi connectivity index (χ2n) is 5.37. The smallest absolute Gasteiger partial charge is 0.317 e. The highest BCUT2D eigenvalue weighted by Gasteiger charge is 2.29. The largest absolute Gasteiger partial charge is 0.481 e. The van der Waals surface area contributed by atoms with Gasteiger partial charge in [0.05, 0.1) is 5.92 Å². The first-order chi connectivity index (χ1) is 8.45. The number of rotatable bonds is 5. The quantitative estimate of drug-likeness (QED) is 0.787. The number of carboxylic acid groups (broad SMARTS) is 1. The van der Waals surface area contributed by atoms with Crippen LogP contribution < -0.4 is 5.32 Å². The first kappa shape index (κ1) is 14.8. The summed E-state index contributed by atoms with van der Waals surface area (Å²) in [5.74, 6) is -0.278. The molecule has 5 nitrogen and oxygen atoms in total. The Bertz CT molecular complexity index is 297. The molecule has 0 aliphatic carbocycles. The predicted molar refractivity (Wildman–Crippen MR) is 69.3 cm³/mol. The minimum Gasteiger partial charge on any atom is -0.481 e. The van der Waals surface area contributed by atoms with Gasteiger partial charge in [0.2, 0.25) is 0 Å². The summed E-state index contributed by atoms with van der Waals surface area (Å²) in [5, 5.41) is 11.7. The molecule has 1 saturated heterocycles. The van der Waals surface area contributed by atoms with E-state index in [1.54, 1.807) is 4.90 Å². The lowest BCUT2D eigenvalue weighted by Crippen LogP contribution is -2.42. The summed E-state index contributed by atoms with van der Waals surface area (Å²) in [4.78, 5) is 24.6. The van der Waals surface area contributed by atoms with Gasteiger partial charge in [-0.2, -0.15) is 0 Å². The van der Waals surface area contributed by atoms with Crippen molar-refractivity contribution in [2.75, 3.05) is 19.6 Å². The van der Waals surface area contributed by atoms with Crippen molar-refractivity contribution in [2.24, 2.45) is 17.8 Å². The van der Waals surface area contributed by atoms with Crippen LogP contribution in [0.4, 0.5) is 4.79 Å². The third-order valence-corrected chi connectivity index (χ3v) is 3.76. The number of nitrogens with zero attached hydrogens (tertiary/aromatic N) is 1. The maximum absolute atomic E-state index is 11.9. The lowest BCUT2D eigenvalue weighted by molar-refractivity contribution is -0.141. The van der Waals surface area contributed by atoms with E-state index in [1.165, 1.54) is 0 Å². The van der Waals surface area contributed by atoms with Crippen LogP contribution in [0.1, 0.15) is 33.6 Å². The van der Waals surface area contributed by atoms with E-state index in [2.05, 4.69) is 19.2 Å². The van der Waals surface area contributed by atoms with Gasteiger partial charge in [-0.3, -0.25) is 4.79 Å². The van der Waals surface area contributed by atoms with E-state index in [-0.39, 0.29) is 12.6 Å². The second-order valence-corrected chi connectivity index (χ2v) is 5.37. The van der Waals surface area contributed by atoms with E-state index in [9.17, 15) is 9.59 Å². The van der Waals surface area contributed by atoms with Gasteiger partial charge in [-0.05, 0) is 18.3 Å². The normalized spacial score (nSPS) is 24.9. The fourth-order valence-corrected chi connectivity index (χ4v) is 2.28. The zero-order valence-corrected chi connectivity index (χ0v) is 11.5. The maximum Gasteiger partial charge on any atom is 0.317 e. The van der Waals surface area contributed by atoms with E-state index in [0.717, 1.165) is 19.5 Å². The van der Waals surface area contributed by atoms with Crippen molar-refractivity contribution >= 4 is 12.0 Å². The highest BCUT2D eigenvalue weighted by atomic mass is 16.4. The molecule has 0 aromatic carbocycles. The number of carboxylic acids is 1. The highest BCUT2D eigenvalue weighted by Crippen LogP contribution is 2.21. The van der Waals surface area contributed by atoms with Crippen LogP contribution in [0.3, 0.4) is 0 Å². The van der Waals surface area contributed by atoms with E-state index in [4.69, 9.17) is 5.11 Å². The molecule has 1 fully saturated rings. The van der Waals surface area contributed by atoms with E-state index in [1.807, 2.05) is 6.92 Å². The zero-order chi connectivity index (χ0) is 13.7. The van der Waals surface area contributed by atoms with Crippen LogP contribution in [0.2, 0.25) is 0 Å². The molecule has 1 heterocycles. The average molecular weight is 256 g/mol. The molecule has 2 amide bonds. The number of hydrogen-bond acceptors (Lipinski definition) is 2. The Hall–Kier alpha value is -1.26. The second kappa shape index (κ2) is 6.61. The van der Waals surface area contributed by atoms with E-state index in [0.29, 0.717) is 18.3 Å². The number of likely N-dealkylation sites (tertiary alicyclic amines) is 1. The summed E-state index contributed by atoms with van der Waals surface area (Å²) < 4.78 is 0. The fraction of sp³-hybridized carbons (Fsp3) is 0.846. The van der Waals surface area contributed by atoms with Crippen LogP contribution in [-0.4, -0.2) is 41.6 Å². The summed E-state index contributed by atoms with van der Waals surface area (Å²) in [6, 6.07) is -0.131. The van der Waals surface area contributed by atoms with Gasteiger partial charge in [-0.25, -0.2) is 4.79 Å². The number of hydrogen-bond donors (Lipinski definition) is 2. The number of urea groups is 1. The Morgan fingerprint density at radius 2 is 1.89 bits per heavy atom. The fourth-order valence-electron chi connectivity index (χ4n) is 2.28. The Labute approximate surface area is 109 Å². The molecule has 0 spiro atoms. The van der Waals surface area contributed by atoms with Crippen molar-refractivity contribution in [3.05, 3.63) is 0 Å². The van der Waals surface area contributed by atoms with Crippen molar-refractivity contribution in [3.8, 4) is 0 Å². The van der Waals surface area contributed by atoms with Crippen molar-refractivity contribution < 1.29 is 14.7 Å². The van der Waals surface area contributed by atoms with Crippen molar-refractivity contribution in [1.82, 2.24) is 10.2 Å². The molecule has 1 rings (SSSR count). The van der Waals surface area contributed by atoms with Gasteiger partial charge in [-0.15, -0.1) is 0 Å². The number of carbonyl (C=O) groups excluding carboxylic acids is 1. The molecule has 0 bridgehead atoms. The summed E-state index contributed by atoms with van der Waals surface area (Å²) >= 11 is 0. The molecule has 2 N–H and O–H groups in total. The molecule has 1 aliphatic rings. The molecule has 1 aliphatic heterocycles. The molecule has 3 atom stereocenters. The molecule has 0 aromatic heterocycles. The zero-order valence-electron chi connectivity index (χ0n) is 11.5. The van der Waals surface area contributed by atoms with Crippen LogP contribution in [0.15, 0.2) is 0 Å². The molecule has 104 valence electrons. The third-order valence-electron chi connectivity index (χ3n) is 3.76.